The number of rotatable bonds is 4. The second kappa shape index (κ2) is 6.24. The normalized spacial score (nSPS) is 10.8. The number of hydrogen-bond acceptors (Lipinski definition) is 2. The lowest BCUT2D eigenvalue weighted by atomic mass is 10.2. The van der Waals surface area contributed by atoms with E-state index in [-0.39, 0.29) is 0 Å². The van der Waals surface area contributed by atoms with Crippen molar-refractivity contribution in [3.05, 3.63) is 65.2 Å². The van der Waals surface area contributed by atoms with Crippen LogP contribution in [-0.4, -0.2) is 6.54 Å². The molecule has 2 N–H and O–H groups in total. The Morgan fingerprint density at radius 1 is 0.944 bits per heavy atom. The van der Waals surface area contributed by atoms with Crippen molar-refractivity contribution in [2.75, 3.05) is 6.54 Å². The molecule has 0 unspecified atom stereocenters. The minimum atomic E-state index is 0.545. The van der Waals surface area contributed by atoms with Crippen LogP contribution in [0.4, 0.5) is 0 Å². The zero-order chi connectivity index (χ0) is 12.8. The Morgan fingerprint density at radius 3 is 2.06 bits per heavy atom. The van der Waals surface area contributed by atoms with Crippen LogP contribution in [0.15, 0.2) is 54.6 Å². The number of halogens is 1. The topological polar surface area (TPSA) is 35.2 Å². The zero-order valence-electron chi connectivity index (χ0n) is 9.84. The second-order valence-corrected chi connectivity index (χ2v) is 4.20. The van der Waals surface area contributed by atoms with E-state index < -0.39 is 0 Å². The van der Waals surface area contributed by atoms with Crippen molar-refractivity contribution < 1.29 is 4.74 Å². The van der Waals surface area contributed by atoms with Gasteiger partial charge in [-0.05, 0) is 42.0 Å². The van der Waals surface area contributed by atoms with E-state index in [2.05, 4.69) is 0 Å². The average molecular weight is 260 g/mol. The summed E-state index contributed by atoms with van der Waals surface area (Å²) in [7, 11) is 0. The first-order valence-electron chi connectivity index (χ1n) is 5.68. The van der Waals surface area contributed by atoms with Gasteiger partial charge in [0.15, 0.2) is 0 Å². The van der Waals surface area contributed by atoms with E-state index in [1.165, 1.54) is 0 Å². The maximum Gasteiger partial charge on any atom is 0.127 e. The van der Waals surface area contributed by atoms with Crippen LogP contribution in [0.1, 0.15) is 5.56 Å². The lowest BCUT2D eigenvalue weighted by molar-refractivity contribution is 0.482. The first kappa shape index (κ1) is 12.7. The second-order valence-electron chi connectivity index (χ2n) is 3.76. The summed E-state index contributed by atoms with van der Waals surface area (Å²) in [5.41, 5.74) is 6.50. The summed E-state index contributed by atoms with van der Waals surface area (Å²) >= 11 is 5.81. The van der Waals surface area contributed by atoms with Gasteiger partial charge in [0.05, 0.1) is 0 Å². The third-order valence-corrected chi connectivity index (χ3v) is 2.63. The maximum absolute atomic E-state index is 5.81. The Bertz CT molecular complexity index is 517. The molecule has 0 atom stereocenters. The van der Waals surface area contributed by atoms with E-state index in [9.17, 15) is 0 Å². The van der Waals surface area contributed by atoms with Crippen LogP contribution in [-0.2, 0) is 0 Å². The Balaban J connectivity index is 2.06. The molecule has 0 aliphatic carbocycles. The highest BCUT2D eigenvalue weighted by atomic mass is 35.5. The smallest absolute Gasteiger partial charge is 0.127 e. The molecule has 0 aliphatic heterocycles. The van der Waals surface area contributed by atoms with Crippen molar-refractivity contribution in [3.8, 4) is 11.5 Å². The number of benzene rings is 2. The first-order valence-corrected chi connectivity index (χ1v) is 6.06. The molecule has 0 bridgehead atoms. The monoisotopic (exact) mass is 259 g/mol. The predicted molar refractivity (Wildman–Crippen MR) is 76.1 cm³/mol. The first-order chi connectivity index (χ1) is 8.78. The van der Waals surface area contributed by atoms with Gasteiger partial charge >= 0.3 is 0 Å². The van der Waals surface area contributed by atoms with Crippen LogP contribution in [0.2, 0.25) is 5.02 Å². The molecule has 2 aromatic carbocycles. The molecule has 0 saturated heterocycles. The Hall–Kier alpha value is -1.77. The molecule has 3 heteroatoms. The van der Waals surface area contributed by atoms with E-state index in [0.29, 0.717) is 11.6 Å². The summed E-state index contributed by atoms with van der Waals surface area (Å²) in [6.07, 6.45) is 3.89. The fourth-order valence-electron chi connectivity index (χ4n) is 1.49. The molecule has 18 heavy (non-hydrogen) atoms. The largest absolute Gasteiger partial charge is 0.457 e. The molecule has 2 nitrogen and oxygen atoms in total. The third kappa shape index (κ3) is 3.62. The molecule has 0 aliphatic rings. The molecule has 0 aromatic heterocycles. The quantitative estimate of drug-likeness (QED) is 0.897. The van der Waals surface area contributed by atoms with Crippen LogP contribution in [0.5, 0.6) is 11.5 Å². The van der Waals surface area contributed by atoms with Crippen molar-refractivity contribution in [3.63, 3.8) is 0 Å². The van der Waals surface area contributed by atoms with Gasteiger partial charge in [-0.3, -0.25) is 0 Å². The van der Waals surface area contributed by atoms with Gasteiger partial charge in [-0.2, -0.15) is 0 Å². The maximum atomic E-state index is 5.81. The summed E-state index contributed by atoms with van der Waals surface area (Å²) in [6, 6.07) is 15.1. The number of ether oxygens (including phenoxy) is 1. The van der Waals surface area contributed by atoms with E-state index in [1.807, 2.05) is 48.6 Å². The Morgan fingerprint density at radius 2 is 1.50 bits per heavy atom. The summed E-state index contributed by atoms with van der Waals surface area (Å²) in [6.45, 7) is 0.545. The summed E-state index contributed by atoms with van der Waals surface area (Å²) in [5, 5.41) is 0.699. The van der Waals surface area contributed by atoms with E-state index in [0.717, 1.165) is 17.1 Å². The van der Waals surface area contributed by atoms with Gasteiger partial charge in [0, 0.05) is 11.6 Å². The molecule has 0 fully saturated rings. The van der Waals surface area contributed by atoms with Gasteiger partial charge < -0.3 is 10.5 Å². The Kier molecular flexibility index (Phi) is 4.40. The van der Waals surface area contributed by atoms with E-state index >= 15 is 0 Å². The SMILES string of the molecule is NC/C=C/c1ccc(Oc2ccc(Cl)cc2)cc1. The van der Waals surface area contributed by atoms with Crippen molar-refractivity contribution in [2.45, 2.75) is 0 Å². The molecular weight excluding hydrogens is 246 g/mol. The van der Waals surface area contributed by atoms with Crippen LogP contribution in [0.3, 0.4) is 0 Å². The lowest BCUT2D eigenvalue weighted by Crippen LogP contribution is -1.91. The Labute approximate surface area is 112 Å². The predicted octanol–water partition coefficient (Wildman–Crippen LogP) is 4.10. The van der Waals surface area contributed by atoms with E-state index in [4.69, 9.17) is 22.1 Å². The summed E-state index contributed by atoms with van der Waals surface area (Å²) in [4.78, 5) is 0. The van der Waals surface area contributed by atoms with Gasteiger partial charge in [0.25, 0.3) is 0 Å². The number of hydrogen-bond donors (Lipinski definition) is 1. The highest BCUT2D eigenvalue weighted by Gasteiger charge is 1.97. The highest BCUT2D eigenvalue weighted by molar-refractivity contribution is 6.30. The van der Waals surface area contributed by atoms with E-state index in [1.54, 1.807) is 12.1 Å². The van der Waals surface area contributed by atoms with Crippen LogP contribution in [0, 0.1) is 0 Å². The highest BCUT2D eigenvalue weighted by Crippen LogP contribution is 2.23. The zero-order valence-corrected chi connectivity index (χ0v) is 10.6. The van der Waals surface area contributed by atoms with Crippen LogP contribution >= 0.6 is 11.6 Å². The van der Waals surface area contributed by atoms with Gasteiger partial charge in [0.2, 0.25) is 0 Å². The number of nitrogens with two attached hydrogens (primary N) is 1. The molecule has 92 valence electrons. The molecule has 0 radical (unpaired) electrons. The van der Waals surface area contributed by atoms with Gasteiger partial charge in [-0.1, -0.05) is 35.9 Å². The van der Waals surface area contributed by atoms with Crippen molar-refractivity contribution in [1.82, 2.24) is 0 Å². The third-order valence-electron chi connectivity index (χ3n) is 2.38. The fourth-order valence-corrected chi connectivity index (χ4v) is 1.62. The average Bonchev–Trinajstić information content (AvgIpc) is 2.41. The molecular formula is C15H14ClNO. The van der Waals surface area contributed by atoms with Gasteiger partial charge in [-0.15, -0.1) is 0 Å². The molecule has 2 aromatic rings. The molecule has 0 amide bonds. The van der Waals surface area contributed by atoms with Crippen LogP contribution < -0.4 is 10.5 Å². The van der Waals surface area contributed by atoms with Crippen molar-refractivity contribution in [1.29, 1.82) is 0 Å². The standard InChI is InChI=1S/C15H14ClNO/c16-13-5-9-15(10-6-13)18-14-7-3-12(4-8-14)2-1-11-17/h1-10H,11,17H2/b2-1+. The molecule has 0 spiro atoms. The van der Waals surface area contributed by atoms with Gasteiger partial charge in [-0.25, -0.2) is 0 Å². The molecule has 0 saturated carbocycles. The van der Waals surface area contributed by atoms with Crippen molar-refractivity contribution in [2.24, 2.45) is 5.73 Å². The molecule has 0 heterocycles. The van der Waals surface area contributed by atoms with Crippen molar-refractivity contribution >= 4 is 17.7 Å². The van der Waals surface area contributed by atoms with Crippen LogP contribution in [0.25, 0.3) is 6.08 Å². The summed E-state index contributed by atoms with van der Waals surface area (Å²) < 4.78 is 5.69. The fraction of sp³-hybridized carbons (Fsp3) is 0.0667. The molecule has 2 rings (SSSR count). The minimum absolute atomic E-state index is 0.545. The minimum Gasteiger partial charge on any atom is -0.457 e. The lowest BCUT2D eigenvalue weighted by Gasteiger charge is -2.05. The summed E-state index contributed by atoms with van der Waals surface area (Å²) in [5.74, 6) is 1.56. The van der Waals surface area contributed by atoms with Gasteiger partial charge in [0.1, 0.15) is 11.5 Å².